The Bertz CT molecular complexity index is 847. The lowest BCUT2D eigenvalue weighted by Gasteiger charge is -2.09. The summed E-state index contributed by atoms with van der Waals surface area (Å²) in [6, 6.07) is 15.3. The van der Waals surface area contributed by atoms with Crippen LogP contribution in [0.15, 0.2) is 54.6 Å². The maximum Gasteiger partial charge on any atom is 0.337 e. The van der Waals surface area contributed by atoms with Crippen LogP contribution in [0.5, 0.6) is 5.75 Å². The van der Waals surface area contributed by atoms with Gasteiger partial charge in [-0.05, 0) is 29.8 Å². The lowest BCUT2D eigenvalue weighted by atomic mass is 10.1. The first-order valence-corrected chi connectivity index (χ1v) is 7.03. The second-order valence-electron chi connectivity index (χ2n) is 4.94. The Labute approximate surface area is 132 Å². The number of aromatic nitrogens is 1. The van der Waals surface area contributed by atoms with Gasteiger partial charge in [0.25, 0.3) is 0 Å². The minimum Gasteiger partial charge on any atom is -0.488 e. The summed E-state index contributed by atoms with van der Waals surface area (Å²) in [5, 5.41) is 0.750. The minimum atomic E-state index is -0.584. The van der Waals surface area contributed by atoms with E-state index in [-0.39, 0.29) is 12.6 Å². The van der Waals surface area contributed by atoms with Gasteiger partial charge in [0.15, 0.2) is 0 Å². The van der Waals surface area contributed by atoms with Gasteiger partial charge in [0.05, 0.1) is 18.2 Å². The number of esters is 1. The third-order valence-corrected chi connectivity index (χ3v) is 3.42. The molecule has 0 aliphatic carbocycles. The van der Waals surface area contributed by atoms with Crippen LogP contribution in [0.25, 0.3) is 10.9 Å². The van der Waals surface area contributed by atoms with Gasteiger partial charge in [-0.1, -0.05) is 24.3 Å². The first kappa shape index (κ1) is 15.0. The molecule has 4 nitrogen and oxygen atoms in total. The number of ether oxygens (including phenoxy) is 2. The summed E-state index contributed by atoms with van der Waals surface area (Å²) in [6.45, 7) is 0.259. The molecule has 0 fully saturated rings. The van der Waals surface area contributed by atoms with Crippen LogP contribution >= 0.6 is 0 Å². The molecular weight excluding hydrogens is 297 g/mol. The van der Waals surface area contributed by atoms with Crippen molar-refractivity contribution in [3.05, 3.63) is 71.7 Å². The molecule has 0 amide bonds. The number of hydrogen-bond donors (Lipinski definition) is 0. The van der Waals surface area contributed by atoms with Crippen molar-refractivity contribution in [2.24, 2.45) is 0 Å². The van der Waals surface area contributed by atoms with Crippen LogP contribution < -0.4 is 4.74 Å². The number of carbonyl (C=O) groups excluding carboxylic acids is 1. The van der Waals surface area contributed by atoms with E-state index >= 15 is 0 Å². The first-order chi connectivity index (χ1) is 11.2. The van der Waals surface area contributed by atoms with Crippen molar-refractivity contribution < 1.29 is 18.7 Å². The van der Waals surface area contributed by atoms with Gasteiger partial charge in [-0.25, -0.2) is 9.78 Å². The average molecular weight is 311 g/mol. The van der Waals surface area contributed by atoms with Gasteiger partial charge in [-0.2, -0.15) is 4.39 Å². The highest BCUT2D eigenvalue weighted by molar-refractivity contribution is 5.89. The molecule has 0 unspecified atom stereocenters. The molecule has 0 radical (unpaired) electrons. The Morgan fingerprint density at radius 3 is 2.61 bits per heavy atom. The molecule has 0 saturated carbocycles. The second-order valence-corrected chi connectivity index (χ2v) is 4.94. The fourth-order valence-electron chi connectivity index (χ4n) is 2.25. The zero-order chi connectivity index (χ0) is 16.2. The Hall–Kier alpha value is -2.95. The number of carbonyl (C=O) groups is 1. The Morgan fingerprint density at radius 1 is 1.13 bits per heavy atom. The summed E-state index contributed by atoms with van der Waals surface area (Å²) < 4.78 is 23.9. The molecule has 5 heteroatoms. The predicted octanol–water partition coefficient (Wildman–Crippen LogP) is 3.74. The number of pyridine rings is 1. The molecule has 0 spiro atoms. The van der Waals surface area contributed by atoms with Crippen LogP contribution in [-0.4, -0.2) is 18.1 Å². The van der Waals surface area contributed by atoms with Crippen LogP contribution in [0, 0.1) is 5.95 Å². The summed E-state index contributed by atoms with van der Waals surface area (Å²) in [5.41, 5.74) is 1.87. The first-order valence-electron chi connectivity index (χ1n) is 7.03. The molecule has 0 saturated heterocycles. The molecule has 1 aromatic heterocycles. The predicted molar refractivity (Wildman–Crippen MR) is 83.8 cm³/mol. The molecule has 2 aromatic carbocycles. The van der Waals surface area contributed by atoms with Gasteiger partial charge in [0, 0.05) is 11.5 Å². The van der Waals surface area contributed by atoms with Crippen molar-refractivity contribution in [2.75, 3.05) is 7.11 Å². The van der Waals surface area contributed by atoms with Gasteiger partial charge in [0.2, 0.25) is 5.95 Å². The van der Waals surface area contributed by atoms with E-state index in [1.807, 2.05) is 12.1 Å². The third kappa shape index (κ3) is 3.29. The normalized spacial score (nSPS) is 10.5. The van der Waals surface area contributed by atoms with Crippen LogP contribution in [0.1, 0.15) is 15.9 Å². The molecule has 3 aromatic rings. The van der Waals surface area contributed by atoms with E-state index in [0.717, 1.165) is 10.9 Å². The lowest BCUT2D eigenvalue weighted by Crippen LogP contribution is -2.02. The van der Waals surface area contributed by atoms with Gasteiger partial charge in [0.1, 0.15) is 12.4 Å². The van der Waals surface area contributed by atoms with Crippen molar-refractivity contribution in [3.63, 3.8) is 0 Å². The molecule has 1 heterocycles. The summed E-state index contributed by atoms with van der Waals surface area (Å²) >= 11 is 0. The molecule has 3 rings (SSSR count). The molecule has 0 bridgehead atoms. The van der Waals surface area contributed by atoms with E-state index < -0.39 is 5.95 Å². The van der Waals surface area contributed by atoms with E-state index in [1.165, 1.54) is 13.2 Å². The molecule has 23 heavy (non-hydrogen) atoms. The van der Waals surface area contributed by atoms with Gasteiger partial charge >= 0.3 is 5.97 Å². The standard InChI is InChI=1S/C18H14FNO3/c1-22-18(21)13-8-6-12(7-9-13)11-23-16-10-17(19)20-15-5-3-2-4-14(15)16/h2-10H,11H2,1H3. The fourth-order valence-corrected chi connectivity index (χ4v) is 2.25. The van der Waals surface area contributed by atoms with E-state index in [4.69, 9.17) is 4.74 Å². The highest BCUT2D eigenvalue weighted by Gasteiger charge is 2.08. The second kappa shape index (κ2) is 6.44. The Kier molecular flexibility index (Phi) is 4.19. The van der Waals surface area contributed by atoms with Crippen molar-refractivity contribution >= 4 is 16.9 Å². The number of benzene rings is 2. The number of rotatable bonds is 4. The highest BCUT2D eigenvalue weighted by Crippen LogP contribution is 2.25. The molecular formula is C18H14FNO3. The van der Waals surface area contributed by atoms with Gasteiger partial charge in [-0.3, -0.25) is 0 Å². The van der Waals surface area contributed by atoms with Crippen molar-refractivity contribution in [1.29, 1.82) is 0 Å². The number of para-hydroxylation sites is 1. The van der Waals surface area contributed by atoms with E-state index in [2.05, 4.69) is 9.72 Å². The van der Waals surface area contributed by atoms with E-state index in [1.54, 1.807) is 36.4 Å². The lowest BCUT2D eigenvalue weighted by molar-refractivity contribution is 0.0600. The summed E-state index contributed by atoms with van der Waals surface area (Å²) in [5.74, 6) is -0.537. The number of methoxy groups -OCH3 is 1. The van der Waals surface area contributed by atoms with E-state index in [9.17, 15) is 9.18 Å². The zero-order valence-corrected chi connectivity index (χ0v) is 12.5. The number of fused-ring (bicyclic) bond motifs is 1. The quantitative estimate of drug-likeness (QED) is 0.544. The van der Waals surface area contributed by atoms with Crippen molar-refractivity contribution in [3.8, 4) is 5.75 Å². The maximum absolute atomic E-state index is 13.6. The Morgan fingerprint density at radius 2 is 1.87 bits per heavy atom. The SMILES string of the molecule is COC(=O)c1ccc(COc2cc(F)nc3ccccc23)cc1. The topological polar surface area (TPSA) is 48.4 Å². The Balaban J connectivity index is 1.79. The van der Waals surface area contributed by atoms with Crippen LogP contribution in [0.4, 0.5) is 4.39 Å². The van der Waals surface area contributed by atoms with Crippen LogP contribution in [0.3, 0.4) is 0 Å². The third-order valence-electron chi connectivity index (χ3n) is 3.42. The number of halogens is 1. The number of hydrogen-bond acceptors (Lipinski definition) is 4. The van der Waals surface area contributed by atoms with Crippen molar-refractivity contribution in [1.82, 2.24) is 4.98 Å². The molecule has 116 valence electrons. The van der Waals surface area contributed by atoms with Crippen molar-refractivity contribution in [2.45, 2.75) is 6.61 Å². The molecule has 0 aliphatic rings. The molecule has 0 atom stereocenters. The summed E-state index contributed by atoms with van der Waals surface area (Å²) in [4.78, 5) is 15.2. The highest BCUT2D eigenvalue weighted by atomic mass is 19.1. The molecule has 0 N–H and O–H groups in total. The fraction of sp³-hybridized carbons (Fsp3) is 0.111. The van der Waals surface area contributed by atoms with E-state index in [0.29, 0.717) is 16.8 Å². The smallest absolute Gasteiger partial charge is 0.337 e. The number of nitrogens with zero attached hydrogens (tertiary/aromatic N) is 1. The molecule has 0 aliphatic heterocycles. The maximum atomic E-state index is 13.6. The van der Waals surface area contributed by atoms with Gasteiger partial charge in [-0.15, -0.1) is 0 Å². The monoisotopic (exact) mass is 311 g/mol. The average Bonchev–Trinajstić information content (AvgIpc) is 2.59. The summed E-state index contributed by atoms with van der Waals surface area (Å²) in [6.07, 6.45) is 0. The minimum absolute atomic E-state index is 0.259. The zero-order valence-electron chi connectivity index (χ0n) is 12.5. The van der Waals surface area contributed by atoms with Crippen LogP contribution in [0.2, 0.25) is 0 Å². The van der Waals surface area contributed by atoms with Gasteiger partial charge < -0.3 is 9.47 Å². The largest absolute Gasteiger partial charge is 0.488 e. The van der Waals surface area contributed by atoms with Crippen LogP contribution in [-0.2, 0) is 11.3 Å². The summed E-state index contributed by atoms with van der Waals surface area (Å²) in [7, 11) is 1.34.